The highest BCUT2D eigenvalue weighted by Gasteiger charge is 2.19. The third-order valence-corrected chi connectivity index (χ3v) is 0.908. The van der Waals surface area contributed by atoms with Crippen LogP contribution in [0.1, 0.15) is 6.92 Å². The van der Waals surface area contributed by atoms with E-state index >= 15 is 0 Å². The first-order chi connectivity index (χ1) is 4.09. The van der Waals surface area contributed by atoms with Gasteiger partial charge < -0.3 is 15.7 Å². The van der Waals surface area contributed by atoms with E-state index in [1.165, 1.54) is 6.92 Å². The summed E-state index contributed by atoms with van der Waals surface area (Å²) in [6, 6.07) is -1.05. The Labute approximate surface area is 52.5 Å². The lowest BCUT2D eigenvalue weighted by Gasteiger charge is -2.09. The molecule has 5 N–H and O–H groups in total. The van der Waals surface area contributed by atoms with Gasteiger partial charge in [0.2, 0.25) is 0 Å². The van der Waals surface area contributed by atoms with Gasteiger partial charge in [0.15, 0.2) is 0 Å². The van der Waals surface area contributed by atoms with Crippen LogP contribution in [0.5, 0.6) is 0 Å². The number of aliphatic hydroxyl groups is 1. The van der Waals surface area contributed by atoms with Crippen LogP contribution < -0.4 is 11.6 Å². The zero-order chi connectivity index (χ0) is 7.44. The van der Waals surface area contributed by atoms with Crippen molar-refractivity contribution in [2.75, 3.05) is 0 Å². The zero-order valence-electron chi connectivity index (χ0n) is 5.07. The van der Waals surface area contributed by atoms with Crippen LogP contribution in [0.3, 0.4) is 0 Å². The molecule has 0 rings (SSSR count). The summed E-state index contributed by atoms with van der Waals surface area (Å²) >= 11 is 0. The lowest BCUT2D eigenvalue weighted by atomic mass is 10.2. The average molecular weight is 134 g/mol. The van der Waals surface area contributed by atoms with Gasteiger partial charge in [-0.1, -0.05) is 0 Å². The van der Waals surface area contributed by atoms with Crippen molar-refractivity contribution in [2.24, 2.45) is 11.6 Å². The van der Waals surface area contributed by atoms with Crippen molar-refractivity contribution < 1.29 is 14.7 Å². The van der Waals surface area contributed by atoms with Crippen LogP contribution in [0.25, 0.3) is 0 Å². The molecule has 0 aliphatic rings. The summed E-state index contributed by atoms with van der Waals surface area (Å²) in [5.41, 5.74) is 5.07. The molecule has 0 aliphatic carbocycles. The fraction of sp³-hybridized carbons (Fsp3) is 0.750. The van der Waals surface area contributed by atoms with Crippen molar-refractivity contribution >= 4 is 5.97 Å². The first-order valence-electron chi connectivity index (χ1n) is 2.43. The highest BCUT2D eigenvalue weighted by atomic mass is 16.7. The van der Waals surface area contributed by atoms with Gasteiger partial charge in [-0.05, 0) is 6.92 Å². The van der Waals surface area contributed by atoms with Crippen molar-refractivity contribution in [3.63, 3.8) is 0 Å². The smallest absolute Gasteiger partial charge is 0.344 e. The van der Waals surface area contributed by atoms with Gasteiger partial charge in [0.1, 0.15) is 6.04 Å². The fourth-order valence-electron chi connectivity index (χ4n) is 0.276. The maximum absolute atomic E-state index is 10.3. The molecule has 0 heterocycles. The molecule has 0 aromatic rings. The van der Waals surface area contributed by atoms with Crippen LogP contribution in [-0.2, 0) is 9.63 Å². The van der Waals surface area contributed by atoms with E-state index in [2.05, 4.69) is 10.7 Å². The summed E-state index contributed by atoms with van der Waals surface area (Å²) in [5.74, 6) is 3.66. The quantitative estimate of drug-likeness (QED) is 0.383. The van der Waals surface area contributed by atoms with Gasteiger partial charge in [-0.15, -0.1) is 0 Å². The number of nitrogens with two attached hydrogens (primary N) is 2. The van der Waals surface area contributed by atoms with Crippen molar-refractivity contribution in [1.29, 1.82) is 0 Å². The Morgan fingerprint density at radius 3 is 2.33 bits per heavy atom. The lowest BCUT2D eigenvalue weighted by Crippen LogP contribution is -2.42. The number of carbonyl (C=O) groups is 1. The molecular weight excluding hydrogens is 124 g/mol. The Morgan fingerprint density at radius 2 is 2.22 bits per heavy atom. The molecular formula is C4H10N2O3. The summed E-state index contributed by atoms with van der Waals surface area (Å²) in [6.45, 7) is 1.38. The molecule has 5 nitrogen and oxygen atoms in total. The largest absolute Gasteiger partial charge is 0.391 e. The van der Waals surface area contributed by atoms with Crippen LogP contribution in [-0.4, -0.2) is 23.2 Å². The Hall–Kier alpha value is -0.650. The van der Waals surface area contributed by atoms with Gasteiger partial charge in [-0.3, -0.25) is 0 Å². The van der Waals surface area contributed by atoms with Crippen molar-refractivity contribution in [1.82, 2.24) is 0 Å². The molecule has 2 atom stereocenters. The minimum atomic E-state index is -1.05. The molecule has 0 amide bonds. The van der Waals surface area contributed by atoms with Crippen LogP contribution >= 0.6 is 0 Å². The summed E-state index contributed by atoms with van der Waals surface area (Å²) in [5, 5.41) is 8.64. The van der Waals surface area contributed by atoms with E-state index in [9.17, 15) is 4.79 Å². The standard InChI is InChI=1S/C4H10N2O3/c1-2(7)3(5)4(8)9-6/h2-3,7H,5-6H2,1H3/t2-,3+/m1/s1. The second-order valence-electron chi connectivity index (χ2n) is 1.70. The molecule has 0 aromatic carbocycles. The zero-order valence-corrected chi connectivity index (χ0v) is 5.07. The lowest BCUT2D eigenvalue weighted by molar-refractivity contribution is -0.148. The molecule has 0 aliphatic heterocycles. The molecule has 0 saturated carbocycles. The Balaban J connectivity index is 3.72. The van der Waals surface area contributed by atoms with Gasteiger partial charge in [0.25, 0.3) is 0 Å². The molecule has 0 aromatic heterocycles. The molecule has 0 fully saturated rings. The summed E-state index contributed by atoms with van der Waals surface area (Å²) in [4.78, 5) is 14.1. The minimum Gasteiger partial charge on any atom is -0.391 e. The van der Waals surface area contributed by atoms with Gasteiger partial charge in [0, 0.05) is 0 Å². The SMILES string of the molecule is C[C@@H](O)[C@H](N)C(=O)ON. The minimum absolute atomic E-state index is 0.815. The summed E-state index contributed by atoms with van der Waals surface area (Å²) < 4.78 is 0. The first-order valence-corrected chi connectivity index (χ1v) is 2.43. The molecule has 0 saturated heterocycles. The van der Waals surface area contributed by atoms with E-state index in [4.69, 9.17) is 10.8 Å². The normalized spacial score (nSPS) is 16.4. The van der Waals surface area contributed by atoms with Crippen LogP contribution in [0.15, 0.2) is 0 Å². The second-order valence-corrected chi connectivity index (χ2v) is 1.70. The second kappa shape index (κ2) is 3.39. The molecule has 9 heavy (non-hydrogen) atoms. The van der Waals surface area contributed by atoms with E-state index in [1.54, 1.807) is 0 Å². The monoisotopic (exact) mass is 134 g/mol. The Morgan fingerprint density at radius 1 is 1.78 bits per heavy atom. The molecule has 0 bridgehead atoms. The van der Waals surface area contributed by atoms with E-state index in [1.807, 2.05) is 0 Å². The Kier molecular flexibility index (Phi) is 3.15. The maximum atomic E-state index is 10.3. The highest BCUT2D eigenvalue weighted by Crippen LogP contribution is 1.88. The number of aliphatic hydroxyl groups excluding tert-OH is 1. The van der Waals surface area contributed by atoms with Gasteiger partial charge >= 0.3 is 5.97 Å². The molecule has 0 radical (unpaired) electrons. The van der Waals surface area contributed by atoms with Crippen molar-refractivity contribution in [3.05, 3.63) is 0 Å². The predicted octanol–water partition coefficient (Wildman–Crippen LogP) is -1.89. The average Bonchev–Trinajstić information content (AvgIpc) is 1.84. The summed E-state index contributed by atoms with van der Waals surface area (Å²) in [6.07, 6.45) is -0.930. The molecule has 0 unspecified atom stereocenters. The van der Waals surface area contributed by atoms with Crippen LogP contribution in [0, 0.1) is 0 Å². The van der Waals surface area contributed by atoms with E-state index < -0.39 is 18.1 Å². The van der Waals surface area contributed by atoms with Gasteiger partial charge in [-0.2, -0.15) is 5.90 Å². The number of rotatable bonds is 2. The first kappa shape index (κ1) is 8.35. The van der Waals surface area contributed by atoms with Crippen molar-refractivity contribution in [2.45, 2.75) is 19.1 Å². The Bertz CT molecular complexity index is 104. The third-order valence-electron chi connectivity index (χ3n) is 0.908. The number of hydrogen-bond acceptors (Lipinski definition) is 5. The molecule has 54 valence electrons. The fourth-order valence-corrected chi connectivity index (χ4v) is 0.276. The topological polar surface area (TPSA) is 98.6 Å². The maximum Gasteiger partial charge on any atom is 0.344 e. The van der Waals surface area contributed by atoms with Gasteiger partial charge in [-0.25, -0.2) is 4.79 Å². The van der Waals surface area contributed by atoms with Crippen molar-refractivity contribution in [3.8, 4) is 0 Å². The van der Waals surface area contributed by atoms with Gasteiger partial charge in [0.05, 0.1) is 6.10 Å². The number of carbonyl (C=O) groups excluding carboxylic acids is 1. The third kappa shape index (κ3) is 2.41. The van der Waals surface area contributed by atoms with E-state index in [0.717, 1.165) is 0 Å². The number of hydrogen-bond donors (Lipinski definition) is 3. The van der Waals surface area contributed by atoms with E-state index in [-0.39, 0.29) is 0 Å². The molecule has 5 heteroatoms. The summed E-state index contributed by atoms with van der Waals surface area (Å²) in [7, 11) is 0. The van der Waals surface area contributed by atoms with Crippen LogP contribution in [0.2, 0.25) is 0 Å². The van der Waals surface area contributed by atoms with E-state index in [0.29, 0.717) is 0 Å². The highest BCUT2D eigenvalue weighted by molar-refractivity contribution is 5.75. The molecule has 0 spiro atoms. The predicted molar refractivity (Wildman–Crippen MR) is 29.9 cm³/mol. The van der Waals surface area contributed by atoms with Crippen LogP contribution in [0.4, 0.5) is 0 Å².